The molecular formula is C13H16N2O4S2. The molecule has 0 aliphatic rings. The van der Waals surface area contributed by atoms with Crippen molar-refractivity contribution in [2.75, 3.05) is 12.0 Å². The van der Waals surface area contributed by atoms with E-state index in [4.69, 9.17) is 10.4 Å². The van der Waals surface area contributed by atoms with Crippen LogP contribution in [-0.4, -0.2) is 37.5 Å². The zero-order valence-corrected chi connectivity index (χ0v) is 13.3. The van der Waals surface area contributed by atoms with E-state index in [-0.39, 0.29) is 11.3 Å². The van der Waals surface area contributed by atoms with Crippen molar-refractivity contribution in [2.24, 2.45) is 0 Å². The Labute approximate surface area is 128 Å². The third-order valence-electron chi connectivity index (χ3n) is 2.80. The Bertz CT molecular complexity index is 665. The van der Waals surface area contributed by atoms with E-state index in [1.165, 1.54) is 30.0 Å². The standard InChI is InChI=1S/C13H16N2O4S2/c1-9-7-10(8-14)3-4-12(9)21(18,19)15-11(13(16)17)5-6-20-2/h3-4,7,11,15H,5-6H2,1-2H3,(H,16,17)/t11-/m1/s1. The van der Waals surface area contributed by atoms with Crippen molar-refractivity contribution in [1.29, 1.82) is 5.26 Å². The molecule has 0 bridgehead atoms. The molecule has 8 heteroatoms. The lowest BCUT2D eigenvalue weighted by atomic mass is 10.2. The first-order valence-corrected chi connectivity index (χ1v) is 8.94. The van der Waals surface area contributed by atoms with Gasteiger partial charge in [0.15, 0.2) is 0 Å². The molecule has 0 saturated carbocycles. The summed E-state index contributed by atoms with van der Waals surface area (Å²) in [6.45, 7) is 1.56. The fraction of sp³-hybridized carbons (Fsp3) is 0.385. The Kier molecular flexibility index (Phi) is 6.20. The maximum absolute atomic E-state index is 12.3. The van der Waals surface area contributed by atoms with E-state index in [1.54, 1.807) is 6.92 Å². The third kappa shape index (κ3) is 4.74. The van der Waals surface area contributed by atoms with Crippen molar-refractivity contribution >= 4 is 27.8 Å². The van der Waals surface area contributed by atoms with Gasteiger partial charge in [-0.2, -0.15) is 21.7 Å². The minimum atomic E-state index is -3.94. The Morgan fingerprint density at radius 2 is 2.19 bits per heavy atom. The highest BCUT2D eigenvalue weighted by Crippen LogP contribution is 2.17. The highest BCUT2D eigenvalue weighted by Gasteiger charge is 2.26. The van der Waals surface area contributed by atoms with Crippen LogP contribution in [0.25, 0.3) is 0 Å². The van der Waals surface area contributed by atoms with Crippen LogP contribution in [0.2, 0.25) is 0 Å². The molecule has 1 aromatic carbocycles. The Morgan fingerprint density at radius 1 is 1.52 bits per heavy atom. The van der Waals surface area contributed by atoms with Gasteiger partial charge < -0.3 is 5.11 Å². The topological polar surface area (TPSA) is 107 Å². The molecule has 0 aliphatic heterocycles. The summed E-state index contributed by atoms with van der Waals surface area (Å²) >= 11 is 1.44. The van der Waals surface area contributed by atoms with Gasteiger partial charge in [0.05, 0.1) is 16.5 Å². The summed E-state index contributed by atoms with van der Waals surface area (Å²) in [4.78, 5) is 11.1. The zero-order valence-electron chi connectivity index (χ0n) is 11.7. The normalized spacial score (nSPS) is 12.6. The van der Waals surface area contributed by atoms with Crippen molar-refractivity contribution in [1.82, 2.24) is 4.72 Å². The number of hydrogen-bond acceptors (Lipinski definition) is 5. The summed E-state index contributed by atoms with van der Waals surface area (Å²) in [6.07, 6.45) is 2.02. The van der Waals surface area contributed by atoms with Gasteiger partial charge in [0, 0.05) is 0 Å². The molecule has 0 saturated heterocycles. The number of sulfonamides is 1. The van der Waals surface area contributed by atoms with Crippen molar-refractivity contribution in [2.45, 2.75) is 24.3 Å². The summed E-state index contributed by atoms with van der Waals surface area (Å²) in [6, 6.07) is 4.90. The Balaban J connectivity index is 3.05. The molecule has 0 amide bonds. The quantitative estimate of drug-likeness (QED) is 0.782. The van der Waals surface area contributed by atoms with Gasteiger partial charge in [-0.05, 0) is 49.1 Å². The summed E-state index contributed by atoms with van der Waals surface area (Å²) < 4.78 is 26.7. The predicted octanol–water partition coefficient (Wildman–Crippen LogP) is 1.35. The SMILES string of the molecule is CSCC[C@@H](NS(=O)(=O)c1ccc(C#N)cc1C)C(=O)O. The van der Waals surface area contributed by atoms with Gasteiger partial charge in [0.25, 0.3) is 0 Å². The van der Waals surface area contributed by atoms with E-state index in [0.717, 1.165) is 0 Å². The summed E-state index contributed by atoms with van der Waals surface area (Å²) in [7, 11) is -3.94. The average molecular weight is 328 g/mol. The van der Waals surface area contributed by atoms with Crippen LogP contribution in [0.5, 0.6) is 0 Å². The molecule has 0 radical (unpaired) electrons. The molecule has 114 valence electrons. The van der Waals surface area contributed by atoms with Crippen LogP contribution < -0.4 is 4.72 Å². The third-order valence-corrected chi connectivity index (χ3v) is 5.08. The summed E-state index contributed by atoms with van der Waals surface area (Å²) in [5.41, 5.74) is 0.749. The second-order valence-electron chi connectivity index (χ2n) is 4.39. The number of carbonyl (C=O) groups is 1. The molecule has 0 fully saturated rings. The number of thioether (sulfide) groups is 1. The lowest BCUT2D eigenvalue weighted by molar-refractivity contribution is -0.139. The van der Waals surface area contributed by atoms with E-state index in [2.05, 4.69) is 4.72 Å². The van der Waals surface area contributed by atoms with E-state index in [1.807, 2.05) is 12.3 Å². The van der Waals surface area contributed by atoms with Crippen molar-refractivity contribution in [3.63, 3.8) is 0 Å². The van der Waals surface area contributed by atoms with Crippen molar-refractivity contribution < 1.29 is 18.3 Å². The van der Waals surface area contributed by atoms with Crippen LogP contribution in [0.15, 0.2) is 23.1 Å². The number of nitrogens with one attached hydrogen (secondary N) is 1. The second kappa shape index (κ2) is 7.45. The number of nitrogens with zero attached hydrogens (tertiary/aromatic N) is 1. The largest absolute Gasteiger partial charge is 0.480 e. The van der Waals surface area contributed by atoms with Gasteiger partial charge >= 0.3 is 5.97 Å². The molecule has 6 nitrogen and oxygen atoms in total. The highest BCUT2D eigenvalue weighted by atomic mass is 32.2. The summed E-state index contributed by atoms with van der Waals surface area (Å²) in [5, 5.41) is 17.9. The molecule has 1 rings (SSSR count). The number of aryl methyl sites for hydroxylation is 1. The summed E-state index contributed by atoms with van der Waals surface area (Å²) in [5.74, 6) is -0.676. The van der Waals surface area contributed by atoms with Crippen molar-refractivity contribution in [3.05, 3.63) is 29.3 Å². The predicted molar refractivity (Wildman–Crippen MR) is 80.6 cm³/mol. The number of nitriles is 1. The number of rotatable bonds is 7. The molecule has 0 unspecified atom stereocenters. The molecular weight excluding hydrogens is 312 g/mol. The van der Waals surface area contributed by atoms with Crippen LogP contribution in [0.3, 0.4) is 0 Å². The maximum atomic E-state index is 12.3. The van der Waals surface area contributed by atoms with Crippen LogP contribution in [0.4, 0.5) is 0 Å². The van der Waals surface area contributed by atoms with Gasteiger partial charge in [-0.1, -0.05) is 0 Å². The smallest absolute Gasteiger partial charge is 0.321 e. The minimum absolute atomic E-state index is 0.0168. The maximum Gasteiger partial charge on any atom is 0.321 e. The molecule has 2 N–H and O–H groups in total. The number of hydrogen-bond donors (Lipinski definition) is 2. The van der Waals surface area contributed by atoms with E-state index >= 15 is 0 Å². The van der Waals surface area contributed by atoms with Gasteiger partial charge in [0.1, 0.15) is 6.04 Å². The first-order chi connectivity index (χ1) is 9.81. The van der Waals surface area contributed by atoms with E-state index in [0.29, 0.717) is 16.9 Å². The second-order valence-corrected chi connectivity index (χ2v) is 7.05. The fourth-order valence-corrected chi connectivity index (χ4v) is 3.66. The number of aliphatic carboxylic acids is 1. The molecule has 0 aliphatic carbocycles. The van der Waals surface area contributed by atoms with Crippen LogP contribution in [0, 0.1) is 18.3 Å². The lowest BCUT2D eigenvalue weighted by Crippen LogP contribution is -2.41. The van der Waals surface area contributed by atoms with Crippen LogP contribution in [0.1, 0.15) is 17.5 Å². The van der Waals surface area contributed by atoms with Gasteiger partial charge in [-0.3, -0.25) is 4.79 Å². The molecule has 1 atom stereocenters. The molecule has 0 heterocycles. The Morgan fingerprint density at radius 3 is 2.67 bits per heavy atom. The van der Waals surface area contributed by atoms with E-state index in [9.17, 15) is 13.2 Å². The highest BCUT2D eigenvalue weighted by molar-refractivity contribution is 7.98. The molecule has 0 spiro atoms. The Hall–Kier alpha value is -1.56. The van der Waals surface area contributed by atoms with Crippen LogP contribution in [-0.2, 0) is 14.8 Å². The number of carboxylic acid groups (broad SMARTS) is 1. The number of carboxylic acids is 1. The fourth-order valence-electron chi connectivity index (χ4n) is 1.74. The van der Waals surface area contributed by atoms with Crippen LogP contribution >= 0.6 is 11.8 Å². The number of benzene rings is 1. The van der Waals surface area contributed by atoms with Gasteiger partial charge in [0.2, 0.25) is 10.0 Å². The molecule has 21 heavy (non-hydrogen) atoms. The zero-order chi connectivity index (χ0) is 16.0. The first kappa shape index (κ1) is 17.5. The van der Waals surface area contributed by atoms with Gasteiger partial charge in [-0.25, -0.2) is 8.42 Å². The average Bonchev–Trinajstić information content (AvgIpc) is 2.42. The lowest BCUT2D eigenvalue weighted by Gasteiger charge is -2.15. The van der Waals surface area contributed by atoms with Gasteiger partial charge in [-0.15, -0.1) is 0 Å². The van der Waals surface area contributed by atoms with Crippen molar-refractivity contribution in [3.8, 4) is 6.07 Å². The monoisotopic (exact) mass is 328 g/mol. The molecule has 0 aromatic heterocycles. The first-order valence-electron chi connectivity index (χ1n) is 6.06. The minimum Gasteiger partial charge on any atom is -0.480 e. The van der Waals surface area contributed by atoms with E-state index < -0.39 is 22.0 Å². The molecule has 1 aromatic rings.